The molecule has 0 spiro atoms. The monoisotopic (exact) mass is 200 g/mol. The van der Waals surface area contributed by atoms with Crippen LogP contribution in [0.25, 0.3) is 5.57 Å². The average molecular weight is 200 g/mol. The van der Waals surface area contributed by atoms with E-state index in [4.69, 9.17) is 0 Å². The molecule has 0 N–H and O–H groups in total. The molecule has 15 heavy (non-hydrogen) atoms. The summed E-state index contributed by atoms with van der Waals surface area (Å²) in [5, 5.41) is 0. The minimum absolute atomic E-state index is 0.112. The van der Waals surface area contributed by atoms with Crippen LogP contribution in [0.1, 0.15) is 35.3 Å². The van der Waals surface area contributed by atoms with Gasteiger partial charge in [0.25, 0.3) is 0 Å². The Morgan fingerprint density at radius 2 is 1.87 bits per heavy atom. The number of Topliss-reactive ketones (excluding diaryl/α,β-unsaturated/α-hetero) is 1. The van der Waals surface area contributed by atoms with Gasteiger partial charge in [0.2, 0.25) is 0 Å². The molecule has 1 rings (SSSR count). The molecule has 0 aromatic heterocycles. The van der Waals surface area contributed by atoms with E-state index in [-0.39, 0.29) is 5.78 Å². The highest BCUT2D eigenvalue weighted by atomic mass is 16.1. The zero-order valence-electron chi connectivity index (χ0n) is 9.50. The lowest BCUT2D eigenvalue weighted by molar-refractivity contribution is 0.101. The molecule has 78 valence electrons. The standard InChI is InChI=1S/C14H16O/c1-5-7-10(2)13-8-6-9-14(11(13)3)12(4)15/h5-9H,1H2,2-4H3/b10-7-. The zero-order valence-corrected chi connectivity index (χ0v) is 9.50. The topological polar surface area (TPSA) is 17.1 Å². The minimum Gasteiger partial charge on any atom is -0.295 e. The van der Waals surface area contributed by atoms with E-state index >= 15 is 0 Å². The Bertz CT molecular complexity index is 425. The van der Waals surface area contributed by atoms with Gasteiger partial charge in [-0.25, -0.2) is 0 Å². The molecule has 0 saturated heterocycles. The van der Waals surface area contributed by atoms with E-state index < -0.39 is 0 Å². The van der Waals surface area contributed by atoms with Crippen LogP contribution < -0.4 is 0 Å². The summed E-state index contributed by atoms with van der Waals surface area (Å²) in [4.78, 5) is 11.4. The Balaban J connectivity index is 3.33. The van der Waals surface area contributed by atoms with Crippen LogP contribution in [0, 0.1) is 6.92 Å². The van der Waals surface area contributed by atoms with Gasteiger partial charge in [-0.15, -0.1) is 0 Å². The van der Waals surface area contributed by atoms with Gasteiger partial charge in [-0.1, -0.05) is 36.9 Å². The Hall–Kier alpha value is -1.63. The summed E-state index contributed by atoms with van der Waals surface area (Å²) in [5.41, 5.74) is 4.08. The van der Waals surface area contributed by atoms with E-state index in [1.165, 1.54) is 0 Å². The lowest BCUT2D eigenvalue weighted by Gasteiger charge is -2.09. The molecular formula is C14H16O. The van der Waals surface area contributed by atoms with Crippen molar-refractivity contribution in [2.45, 2.75) is 20.8 Å². The molecule has 1 nitrogen and oxygen atoms in total. The van der Waals surface area contributed by atoms with Crippen LogP contribution in [0.4, 0.5) is 0 Å². The number of carbonyl (C=O) groups is 1. The third kappa shape index (κ3) is 2.44. The summed E-state index contributed by atoms with van der Waals surface area (Å²) in [6.45, 7) is 9.27. The second kappa shape index (κ2) is 4.74. The highest BCUT2D eigenvalue weighted by molar-refractivity contribution is 5.96. The quantitative estimate of drug-likeness (QED) is 0.536. The van der Waals surface area contributed by atoms with Gasteiger partial charge in [0.15, 0.2) is 5.78 Å². The highest BCUT2D eigenvalue weighted by Gasteiger charge is 2.07. The predicted molar refractivity (Wildman–Crippen MR) is 65.0 cm³/mol. The van der Waals surface area contributed by atoms with Crippen LogP contribution in [0.3, 0.4) is 0 Å². The van der Waals surface area contributed by atoms with E-state index in [1.54, 1.807) is 13.0 Å². The molecular weight excluding hydrogens is 184 g/mol. The molecule has 0 bridgehead atoms. The lowest BCUT2D eigenvalue weighted by Crippen LogP contribution is -1.98. The van der Waals surface area contributed by atoms with Gasteiger partial charge in [-0.2, -0.15) is 0 Å². The number of carbonyl (C=O) groups excluding carboxylic acids is 1. The van der Waals surface area contributed by atoms with Gasteiger partial charge >= 0.3 is 0 Å². The summed E-state index contributed by atoms with van der Waals surface area (Å²) in [5.74, 6) is 0.112. The van der Waals surface area contributed by atoms with E-state index in [0.717, 1.165) is 22.3 Å². The maximum atomic E-state index is 11.4. The average Bonchev–Trinajstić information content (AvgIpc) is 2.17. The first-order chi connectivity index (χ1) is 7.07. The minimum atomic E-state index is 0.112. The van der Waals surface area contributed by atoms with Crippen LogP contribution in [0.2, 0.25) is 0 Å². The van der Waals surface area contributed by atoms with Crippen molar-refractivity contribution < 1.29 is 4.79 Å². The van der Waals surface area contributed by atoms with Crippen LogP contribution in [0.5, 0.6) is 0 Å². The van der Waals surface area contributed by atoms with Crippen molar-refractivity contribution in [3.8, 4) is 0 Å². The summed E-state index contributed by atoms with van der Waals surface area (Å²) in [6, 6.07) is 5.80. The van der Waals surface area contributed by atoms with Crippen LogP contribution >= 0.6 is 0 Å². The normalized spacial score (nSPS) is 11.3. The molecule has 1 aromatic carbocycles. The third-order valence-corrected chi connectivity index (χ3v) is 2.51. The molecule has 0 atom stereocenters. The first-order valence-corrected chi connectivity index (χ1v) is 4.98. The largest absolute Gasteiger partial charge is 0.295 e. The third-order valence-electron chi connectivity index (χ3n) is 2.51. The van der Waals surface area contributed by atoms with Crippen molar-refractivity contribution in [2.75, 3.05) is 0 Å². The molecule has 0 heterocycles. The summed E-state index contributed by atoms with van der Waals surface area (Å²) in [7, 11) is 0. The van der Waals surface area contributed by atoms with Gasteiger partial charge in [0.1, 0.15) is 0 Å². The molecule has 0 aliphatic carbocycles. The number of benzene rings is 1. The number of rotatable bonds is 3. The van der Waals surface area contributed by atoms with E-state index in [9.17, 15) is 4.79 Å². The number of hydrogen-bond donors (Lipinski definition) is 0. The second-order valence-electron chi connectivity index (χ2n) is 3.62. The van der Waals surface area contributed by atoms with Gasteiger partial charge in [-0.05, 0) is 37.5 Å². The van der Waals surface area contributed by atoms with E-state index in [0.29, 0.717) is 0 Å². The zero-order chi connectivity index (χ0) is 11.4. The molecule has 0 fully saturated rings. The molecule has 0 unspecified atom stereocenters. The predicted octanol–water partition coefficient (Wildman–Crippen LogP) is 3.79. The highest BCUT2D eigenvalue weighted by Crippen LogP contribution is 2.21. The Morgan fingerprint density at radius 1 is 1.27 bits per heavy atom. The molecule has 0 saturated carbocycles. The maximum Gasteiger partial charge on any atom is 0.160 e. The van der Waals surface area contributed by atoms with Gasteiger partial charge in [-0.3, -0.25) is 4.79 Å². The Labute approximate surface area is 91.1 Å². The van der Waals surface area contributed by atoms with Crippen molar-refractivity contribution >= 4 is 11.4 Å². The van der Waals surface area contributed by atoms with Crippen LogP contribution in [-0.2, 0) is 0 Å². The fourth-order valence-corrected chi connectivity index (χ4v) is 1.71. The number of allylic oxidation sites excluding steroid dienone is 3. The van der Waals surface area contributed by atoms with Crippen molar-refractivity contribution in [1.29, 1.82) is 0 Å². The maximum absolute atomic E-state index is 11.4. The van der Waals surface area contributed by atoms with Gasteiger partial charge in [0.05, 0.1) is 0 Å². The second-order valence-corrected chi connectivity index (χ2v) is 3.62. The van der Waals surface area contributed by atoms with Crippen LogP contribution in [0.15, 0.2) is 36.9 Å². The molecule has 0 amide bonds. The fraction of sp³-hybridized carbons (Fsp3) is 0.214. The number of ketones is 1. The molecule has 0 aliphatic rings. The molecule has 1 heteroatoms. The Kier molecular flexibility index (Phi) is 3.62. The van der Waals surface area contributed by atoms with Gasteiger partial charge < -0.3 is 0 Å². The van der Waals surface area contributed by atoms with E-state index in [2.05, 4.69) is 6.58 Å². The van der Waals surface area contributed by atoms with Crippen molar-refractivity contribution in [1.82, 2.24) is 0 Å². The molecule has 0 radical (unpaired) electrons. The summed E-state index contributed by atoms with van der Waals surface area (Å²) >= 11 is 0. The first kappa shape index (κ1) is 11.4. The van der Waals surface area contributed by atoms with E-state index in [1.807, 2.05) is 38.1 Å². The van der Waals surface area contributed by atoms with Crippen molar-refractivity contribution in [3.05, 3.63) is 53.6 Å². The SMILES string of the molecule is C=C/C=C(/C)c1cccc(C(C)=O)c1C. The lowest BCUT2D eigenvalue weighted by atomic mass is 9.95. The Morgan fingerprint density at radius 3 is 2.40 bits per heavy atom. The van der Waals surface area contributed by atoms with Crippen molar-refractivity contribution in [2.24, 2.45) is 0 Å². The van der Waals surface area contributed by atoms with Gasteiger partial charge in [0, 0.05) is 5.56 Å². The van der Waals surface area contributed by atoms with Crippen molar-refractivity contribution in [3.63, 3.8) is 0 Å². The smallest absolute Gasteiger partial charge is 0.160 e. The molecule has 1 aromatic rings. The summed E-state index contributed by atoms with van der Waals surface area (Å²) in [6.07, 6.45) is 3.71. The molecule has 0 aliphatic heterocycles. The van der Waals surface area contributed by atoms with Crippen LogP contribution in [-0.4, -0.2) is 5.78 Å². The fourth-order valence-electron chi connectivity index (χ4n) is 1.71. The number of hydrogen-bond acceptors (Lipinski definition) is 1. The summed E-state index contributed by atoms with van der Waals surface area (Å²) < 4.78 is 0. The first-order valence-electron chi connectivity index (χ1n) is 4.98.